The van der Waals surface area contributed by atoms with Crippen molar-refractivity contribution in [2.24, 2.45) is 0 Å². The van der Waals surface area contributed by atoms with Gasteiger partial charge in [0.25, 0.3) is 0 Å². The van der Waals surface area contributed by atoms with Crippen LogP contribution < -0.4 is 14.8 Å². The van der Waals surface area contributed by atoms with E-state index in [4.69, 9.17) is 44.9 Å². The second-order valence-corrected chi connectivity index (χ2v) is 7.83. The first-order valence-electron chi connectivity index (χ1n) is 9.25. The Labute approximate surface area is 192 Å². The van der Waals surface area contributed by atoms with Gasteiger partial charge < -0.3 is 19.7 Å². The van der Waals surface area contributed by atoms with Crippen molar-refractivity contribution in [3.8, 4) is 11.5 Å². The molecule has 4 nitrogen and oxygen atoms in total. The van der Waals surface area contributed by atoms with Crippen LogP contribution in [0.1, 0.15) is 11.1 Å². The summed E-state index contributed by atoms with van der Waals surface area (Å²) >= 11 is 18.2. The summed E-state index contributed by atoms with van der Waals surface area (Å²) in [6.07, 6.45) is 0. The summed E-state index contributed by atoms with van der Waals surface area (Å²) in [5.74, 6) is 1.60. The van der Waals surface area contributed by atoms with Crippen LogP contribution in [0.4, 0.5) is 5.69 Å². The molecule has 3 aromatic carbocycles. The molecule has 0 saturated heterocycles. The first kappa shape index (κ1) is 22.2. The van der Waals surface area contributed by atoms with Gasteiger partial charge in [-0.05, 0) is 71.9 Å². The minimum atomic E-state index is 0.532. The molecule has 3 aromatic rings. The summed E-state index contributed by atoms with van der Waals surface area (Å²) in [7, 11) is 3.29. The number of methoxy groups -OCH3 is 2. The lowest BCUT2D eigenvalue weighted by Crippen LogP contribution is -2.33. The summed E-state index contributed by atoms with van der Waals surface area (Å²) < 4.78 is 10.5. The average Bonchev–Trinajstić information content (AvgIpc) is 2.76. The van der Waals surface area contributed by atoms with Crippen LogP contribution in [0.3, 0.4) is 0 Å². The molecular formula is C23H22Cl2N2O2S. The van der Waals surface area contributed by atoms with E-state index in [9.17, 15) is 0 Å². The van der Waals surface area contributed by atoms with E-state index >= 15 is 0 Å². The van der Waals surface area contributed by atoms with Gasteiger partial charge in [0, 0.05) is 28.8 Å². The lowest BCUT2D eigenvalue weighted by atomic mass is 10.1. The van der Waals surface area contributed by atoms with E-state index in [0.29, 0.717) is 28.2 Å². The number of thiocarbonyl (C=S) groups is 1. The molecule has 0 bridgehead atoms. The zero-order valence-electron chi connectivity index (χ0n) is 16.7. The highest BCUT2D eigenvalue weighted by Gasteiger charge is 2.14. The van der Waals surface area contributed by atoms with Gasteiger partial charge in [-0.25, -0.2) is 0 Å². The molecule has 3 rings (SSSR count). The Morgan fingerprint density at radius 3 is 2.03 bits per heavy atom. The van der Waals surface area contributed by atoms with E-state index in [0.717, 1.165) is 28.3 Å². The Hall–Kier alpha value is -2.47. The van der Waals surface area contributed by atoms with E-state index in [-0.39, 0.29) is 0 Å². The monoisotopic (exact) mass is 460 g/mol. The normalized spacial score (nSPS) is 10.4. The fourth-order valence-corrected chi connectivity index (χ4v) is 3.60. The molecule has 0 aliphatic heterocycles. The van der Waals surface area contributed by atoms with E-state index in [1.807, 2.05) is 60.7 Å². The van der Waals surface area contributed by atoms with E-state index in [2.05, 4.69) is 10.2 Å². The van der Waals surface area contributed by atoms with E-state index < -0.39 is 0 Å². The largest absolute Gasteiger partial charge is 0.497 e. The average molecular weight is 461 g/mol. The number of hydrogen-bond acceptors (Lipinski definition) is 3. The molecule has 0 aliphatic rings. The van der Waals surface area contributed by atoms with Crippen LogP contribution in [-0.4, -0.2) is 24.2 Å². The molecule has 0 amide bonds. The number of ether oxygens (including phenoxy) is 2. The van der Waals surface area contributed by atoms with E-state index in [1.165, 1.54) is 0 Å². The van der Waals surface area contributed by atoms with Gasteiger partial charge in [-0.2, -0.15) is 0 Å². The quantitative estimate of drug-likeness (QED) is 0.411. The maximum absolute atomic E-state index is 6.41. The molecule has 156 valence electrons. The van der Waals surface area contributed by atoms with Gasteiger partial charge in [0.05, 0.1) is 14.2 Å². The fourth-order valence-electron chi connectivity index (χ4n) is 2.88. The van der Waals surface area contributed by atoms with Gasteiger partial charge in [-0.15, -0.1) is 0 Å². The van der Waals surface area contributed by atoms with Crippen molar-refractivity contribution >= 4 is 46.2 Å². The van der Waals surface area contributed by atoms with Gasteiger partial charge >= 0.3 is 0 Å². The Bertz CT molecular complexity index is 995. The third-order valence-electron chi connectivity index (χ3n) is 4.54. The topological polar surface area (TPSA) is 33.7 Å². The molecule has 0 aliphatic carbocycles. The maximum Gasteiger partial charge on any atom is 0.174 e. The molecular weight excluding hydrogens is 439 g/mol. The third kappa shape index (κ3) is 6.02. The van der Waals surface area contributed by atoms with Crippen molar-refractivity contribution in [3.05, 3.63) is 87.9 Å². The number of nitrogens with zero attached hydrogens (tertiary/aromatic N) is 1. The predicted molar refractivity (Wildman–Crippen MR) is 128 cm³/mol. The van der Waals surface area contributed by atoms with Crippen LogP contribution in [0.5, 0.6) is 11.5 Å². The lowest BCUT2D eigenvalue weighted by molar-refractivity contribution is 0.407. The van der Waals surface area contributed by atoms with Crippen molar-refractivity contribution in [1.82, 2.24) is 4.90 Å². The molecule has 0 unspecified atom stereocenters. The molecule has 1 N–H and O–H groups in total. The standard InChI is InChI=1S/C23H22Cl2N2O2S/c1-28-20-9-3-16(4-10-20)14-27(15-17-5-6-18(24)13-22(17)25)23(30)26-19-7-11-21(29-2)12-8-19/h3-13H,14-15H2,1-2H3,(H,26,30). The molecule has 30 heavy (non-hydrogen) atoms. The zero-order chi connectivity index (χ0) is 21.5. The molecule has 0 saturated carbocycles. The molecule has 0 atom stereocenters. The summed E-state index contributed by atoms with van der Waals surface area (Å²) in [6.45, 7) is 1.13. The third-order valence-corrected chi connectivity index (χ3v) is 5.48. The first-order chi connectivity index (χ1) is 14.5. The van der Waals surface area contributed by atoms with Gasteiger partial charge in [0.2, 0.25) is 0 Å². The Balaban J connectivity index is 1.81. The van der Waals surface area contributed by atoms with Crippen molar-refractivity contribution in [2.75, 3.05) is 19.5 Å². The van der Waals surface area contributed by atoms with Crippen molar-refractivity contribution in [3.63, 3.8) is 0 Å². The molecule has 0 spiro atoms. The van der Waals surface area contributed by atoms with Gasteiger partial charge in [-0.1, -0.05) is 41.4 Å². The van der Waals surface area contributed by atoms with Crippen LogP contribution in [0.2, 0.25) is 10.0 Å². The van der Waals surface area contributed by atoms with Crippen LogP contribution in [0, 0.1) is 0 Å². The number of anilines is 1. The minimum absolute atomic E-state index is 0.532. The van der Waals surface area contributed by atoms with Crippen LogP contribution >= 0.6 is 35.4 Å². The minimum Gasteiger partial charge on any atom is -0.497 e. The number of rotatable bonds is 7. The van der Waals surface area contributed by atoms with Crippen molar-refractivity contribution in [2.45, 2.75) is 13.1 Å². The highest BCUT2D eigenvalue weighted by atomic mass is 35.5. The van der Waals surface area contributed by atoms with Gasteiger partial charge in [0.15, 0.2) is 5.11 Å². The Morgan fingerprint density at radius 1 is 0.867 bits per heavy atom. The second-order valence-electron chi connectivity index (χ2n) is 6.60. The molecule has 7 heteroatoms. The van der Waals surface area contributed by atoms with Crippen LogP contribution in [0.15, 0.2) is 66.7 Å². The molecule has 0 heterocycles. The lowest BCUT2D eigenvalue weighted by Gasteiger charge is -2.27. The fraction of sp³-hybridized carbons (Fsp3) is 0.174. The summed E-state index contributed by atoms with van der Waals surface area (Å²) in [4.78, 5) is 2.05. The highest BCUT2D eigenvalue weighted by molar-refractivity contribution is 7.80. The number of halogens is 2. The number of hydrogen-bond donors (Lipinski definition) is 1. The van der Waals surface area contributed by atoms with Crippen LogP contribution in [0.25, 0.3) is 0 Å². The van der Waals surface area contributed by atoms with Gasteiger partial charge in [0.1, 0.15) is 11.5 Å². The molecule has 0 aromatic heterocycles. The highest BCUT2D eigenvalue weighted by Crippen LogP contribution is 2.24. The van der Waals surface area contributed by atoms with Crippen LogP contribution in [-0.2, 0) is 13.1 Å². The maximum atomic E-state index is 6.41. The number of benzene rings is 3. The predicted octanol–water partition coefficient (Wildman–Crippen LogP) is 6.41. The second kappa shape index (κ2) is 10.5. The number of nitrogens with one attached hydrogen (secondary N) is 1. The first-order valence-corrected chi connectivity index (χ1v) is 10.4. The Morgan fingerprint density at radius 2 is 1.47 bits per heavy atom. The summed E-state index contributed by atoms with van der Waals surface area (Å²) in [5.41, 5.74) is 2.91. The van der Waals surface area contributed by atoms with E-state index in [1.54, 1.807) is 20.3 Å². The smallest absolute Gasteiger partial charge is 0.174 e. The summed E-state index contributed by atoms with van der Waals surface area (Å²) in [5, 5.41) is 5.09. The molecule has 0 radical (unpaired) electrons. The van der Waals surface area contributed by atoms with Crippen molar-refractivity contribution < 1.29 is 9.47 Å². The summed E-state index contributed by atoms with van der Waals surface area (Å²) in [6, 6.07) is 21.0. The Kier molecular flexibility index (Phi) is 7.80. The SMILES string of the molecule is COc1ccc(CN(Cc2ccc(Cl)cc2Cl)C(=S)Nc2ccc(OC)cc2)cc1. The van der Waals surface area contributed by atoms with Gasteiger partial charge in [-0.3, -0.25) is 0 Å². The van der Waals surface area contributed by atoms with Crippen molar-refractivity contribution in [1.29, 1.82) is 0 Å². The molecule has 0 fully saturated rings. The zero-order valence-corrected chi connectivity index (χ0v) is 19.0.